The van der Waals surface area contributed by atoms with Crippen molar-refractivity contribution in [2.75, 3.05) is 32.7 Å². The molecule has 4 atom stereocenters. The van der Waals surface area contributed by atoms with Crippen molar-refractivity contribution in [1.29, 1.82) is 0 Å². The van der Waals surface area contributed by atoms with Crippen LogP contribution in [0.15, 0.2) is 24.3 Å². The molecule has 0 radical (unpaired) electrons. The van der Waals surface area contributed by atoms with Gasteiger partial charge >= 0.3 is 0 Å². The van der Waals surface area contributed by atoms with Crippen molar-refractivity contribution in [3.8, 4) is 0 Å². The molecule has 3 nitrogen and oxygen atoms in total. The zero-order valence-corrected chi connectivity index (χ0v) is 14.3. The minimum Gasteiger partial charge on any atom is -0.387 e. The molecule has 126 valence electrons. The van der Waals surface area contributed by atoms with Gasteiger partial charge in [-0.1, -0.05) is 36.2 Å². The summed E-state index contributed by atoms with van der Waals surface area (Å²) in [6, 6.07) is 9.17. The van der Waals surface area contributed by atoms with Crippen LogP contribution in [0.5, 0.6) is 0 Å². The number of piperazine rings is 1. The molecule has 0 spiro atoms. The second-order valence-corrected chi connectivity index (χ2v) is 8.01. The van der Waals surface area contributed by atoms with Crippen LogP contribution in [0.3, 0.4) is 0 Å². The third-order valence-corrected chi connectivity index (χ3v) is 6.47. The maximum Gasteiger partial charge on any atom is 0.0916 e. The summed E-state index contributed by atoms with van der Waals surface area (Å²) in [5.74, 6) is 2.02. The average Bonchev–Trinajstić information content (AvgIpc) is 3.19. The number of aryl methyl sites for hydroxylation is 1. The Morgan fingerprint density at radius 2 is 1.78 bits per heavy atom. The second-order valence-electron chi connectivity index (χ2n) is 8.01. The Hall–Kier alpha value is -0.900. The molecule has 1 aromatic carbocycles. The van der Waals surface area contributed by atoms with Gasteiger partial charge in [-0.3, -0.25) is 9.80 Å². The molecule has 0 aromatic heterocycles. The SMILES string of the molecule is Cc1ccc(C(O)CN2CCN(C3CC4CCC3C4)CC2)cc1. The van der Waals surface area contributed by atoms with Gasteiger partial charge in [-0.15, -0.1) is 0 Å². The number of hydrogen-bond donors (Lipinski definition) is 1. The summed E-state index contributed by atoms with van der Waals surface area (Å²) in [7, 11) is 0. The Balaban J connectivity index is 1.27. The molecule has 3 heteroatoms. The number of aliphatic hydroxyl groups excluding tert-OH is 1. The summed E-state index contributed by atoms with van der Waals surface area (Å²) in [5, 5.41) is 10.5. The van der Waals surface area contributed by atoms with E-state index in [0.717, 1.165) is 43.1 Å². The van der Waals surface area contributed by atoms with Crippen molar-refractivity contribution in [2.24, 2.45) is 11.8 Å². The highest BCUT2D eigenvalue weighted by molar-refractivity contribution is 5.23. The Labute approximate surface area is 140 Å². The van der Waals surface area contributed by atoms with Crippen molar-refractivity contribution >= 4 is 0 Å². The van der Waals surface area contributed by atoms with Gasteiger partial charge in [-0.2, -0.15) is 0 Å². The molecule has 0 amide bonds. The first kappa shape index (κ1) is 15.6. The van der Waals surface area contributed by atoms with E-state index in [9.17, 15) is 5.11 Å². The van der Waals surface area contributed by atoms with Crippen LogP contribution >= 0.6 is 0 Å². The molecule has 3 fully saturated rings. The third-order valence-electron chi connectivity index (χ3n) is 6.47. The first-order chi connectivity index (χ1) is 11.2. The molecule has 1 heterocycles. The second kappa shape index (κ2) is 6.54. The van der Waals surface area contributed by atoms with Gasteiger partial charge < -0.3 is 5.11 Å². The monoisotopic (exact) mass is 314 g/mol. The largest absolute Gasteiger partial charge is 0.387 e. The third kappa shape index (κ3) is 3.33. The summed E-state index contributed by atoms with van der Waals surface area (Å²) < 4.78 is 0. The lowest BCUT2D eigenvalue weighted by Gasteiger charge is -2.41. The zero-order valence-electron chi connectivity index (χ0n) is 14.3. The quantitative estimate of drug-likeness (QED) is 0.926. The molecule has 2 aliphatic carbocycles. The van der Waals surface area contributed by atoms with E-state index in [1.54, 1.807) is 0 Å². The van der Waals surface area contributed by atoms with Gasteiger partial charge in [-0.05, 0) is 43.6 Å². The van der Waals surface area contributed by atoms with Gasteiger partial charge in [-0.25, -0.2) is 0 Å². The first-order valence-corrected chi connectivity index (χ1v) is 9.40. The van der Waals surface area contributed by atoms with Gasteiger partial charge in [0.25, 0.3) is 0 Å². The Morgan fingerprint density at radius 3 is 2.39 bits per heavy atom. The highest BCUT2D eigenvalue weighted by Gasteiger charge is 2.42. The molecule has 3 aliphatic rings. The Kier molecular flexibility index (Phi) is 4.44. The summed E-state index contributed by atoms with van der Waals surface area (Å²) in [5.41, 5.74) is 2.30. The number of benzene rings is 1. The maximum absolute atomic E-state index is 10.5. The van der Waals surface area contributed by atoms with Crippen LogP contribution in [-0.2, 0) is 0 Å². The van der Waals surface area contributed by atoms with Crippen LogP contribution in [0.25, 0.3) is 0 Å². The number of rotatable bonds is 4. The first-order valence-electron chi connectivity index (χ1n) is 9.40. The Morgan fingerprint density at radius 1 is 1.04 bits per heavy atom. The van der Waals surface area contributed by atoms with Crippen LogP contribution in [0.2, 0.25) is 0 Å². The molecule has 4 unspecified atom stereocenters. The van der Waals surface area contributed by atoms with Crippen LogP contribution in [0.4, 0.5) is 0 Å². The highest BCUT2D eigenvalue weighted by Crippen LogP contribution is 2.46. The molecule has 1 N–H and O–H groups in total. The van der Waals surface area contributed by atoms with E-state index in [4.69, 9.17) is 0 Å². The van der Waals surface area contributed by atoms with E-state index in [2.05, 4.69) is 41.0 Å². The van der Waals surface area contributed by atoms with Crippen LogP contribution in [0.1, 0.15) is 42.9 Å². The normalized spacial score (nSPS) is 33.2. The number of β-amino-alcohol motifs (C(OH)–C–C–N with tert-alkyl or cyclic N) is 1. The molecule has 2 saturated carbocycles. The summed E-state index contributed by atoms with van der Waals surface area (Å²) >= 11 is 0. The van der Waals surface area contributed by atoms with Crippen molar-refractivity contribution in [1.82, 2.24) is 9.80 Å². The highest BCUT2D eigenvalue weighted by atomic mass is 16.3. The van der Waals surface area contributed by atoms with Gasteiger partial charge in [0.1, 0.15) is 0 Å². The van der Waals surface area contributed by atoms with Crippen molar-refractivity contribution in [2.45, 2.75) is 44.8 Å². The van der Waals surface area contributed by atoms with Gasteiger partial charge in [0.2, 0.25) is 0 Å². The summed E-state index contributed by atoms with van der Waals surface area (Å²) in [6.45, 7) is 7.45. The Bertz CT molecular complexity index is 521. The molecular weight excluding hydrogens is 284 g/mol. The van der Waals surface area contributed by atoms with Crippen LogP contribution in [-0.4, -0.2) is 53.7 Å². The number of fused-ring (bicyclic) bond motifs is 2. The van der Waals surface area contributed by atoms with Gasteiger partial charge in [0.15, 0.2) is 0 Å². The van der Waals surface area contributed by atoms with E-state index < -0.39 is 0 Å². The minimum atomic E-state index is -0.357. The molecule has 23 heavy (non-hydrogen) atoms. The van der Waals surface area contributed by atoms with E-state index in [1.807, 2.05) is 0 Å². The fourth-order valence-electron chi connectivity index (χ4n) is 5.07. The topological polar surface area (TPSA) is 26.7 Å². The molecule has 2 bridgehead atoms. The van der Waals surface area contributed by atoms with Crippen molar-refractivity contribution < 1.29 is 5.11 Å². The lowest BCUT2D eigenvalue weighted by atomic mass is 9.93. The van der Waals surface area contributed by atoms with Crippen molar-refractivity contribution in [3.63, 3.8) is 0 Å². The molecule has 1 saturated heterocycles. The summed E-state index contributed by atoms with van der Waals surface area (Å²) in [6.07, 6.45) is 5.56. The average molecular weight is 314 g/mol. The standard InChI is InChI=1S/C20H30N2O/c1-15-2-5-17(6-3-15)20(23)14-21-8-10-22(11-9-21)19-13-16-4-7-18(19)12-16/h2-3,5-6,16,18-20,23H,4,7-14H2,1H3. The van der Waals surface area contributed by atoms with E-state index in [0.29, 0.717) is 0 Å². The van der Waals surface area contributed by atoms with Crippen molar-refractivity contribution in [3.05, 3.63) is 35.4 Å². The van der Waals surface area contributed by atoms with Gasteiger partial charge in [0.05, 0.1) is 6.10 Å². The lowest BCUT2D eigenvalue weighted by Crippen LogP contribution is -2.52. The maximum atomic E-state index is 10.5. The smallest absolute Gasteiger partial charge is 0.0916 e. The number of hydrogen-bond acceptors (Lipinski definition) is 3. The van der Waals surface area contributed by atoms with Gasteiger partial charge in [0, 0.05) is 38.8 Å². The predicted molar refractivity (Wildman–Crippen MR) is 93.4 cm³/mol. The molecule has 4 rings (SSSR count). The predicted octanol–water partition coefficient (Wildman–Crippen LogP) is 2.83. The number of nitrogens with zero attached hydrogens (tertiary/aromatic N) is 2. The minimum absolute atomic E-state index is 0.357. The van der Waals surface area contributed by atoms with Crippen LogP contribution < -0.4 is 0 Å². The molecule has 1 aliphatic heterocycles. The fourth-order valence-corrected chi connectivity index (χ4v) is 5.07. The fraction of sp³-hybridized carbons (Fsp3) is 0.700. The summed E-state index contributed by atoms with van der Waals surface area (Å²) in [4.78, 5) is 5.19. The zero-order chi connectivity index (χ0) is 15.8. The van der Waals surface area contributed by atoms with E-state index >= 15 is 0 Å². The van der Waals surface area contributed by atoms with E-state index in [1.165, 1.54) is 44.3 Å². The van der Waals surface area contributed by atoms with E-state index in [-0.39, 0.29) is 6.10 Å². The lowest BCUT2D eigenvalue weighted by molar-refractivity contribution is 0.0429. The van der Waals surface area contributed by atoms with Crippen LogP contribution in [0, 0.1) is 18.8 Å². The molecular formula is C20H30N2O. The number of aliphatic hydroxyl groups is 1. The molecule has 1 aromatic rings.